The number of likely N-dealkylation sites (N-methyl/N-ethyl adjacent to an activating group) is 1. The van der Waals surface area contributed by atoms with Gasteiger partial charge in [0.1, 0.15) is 24.9 Å². The molecule has 5 atom stereocenters. The van der Waals surface area contributed by atoms with Crippen molar-refractivity contribution in [1.82, 2.24) is 44.9 Å². The third-order valence-electron chi connectivity index (χ3n) is 15.4. The van der Waals surface area contributed by atoms with Gasteiger partial charge in [-0.2, -0.15) is 0 Å². The van der Waals surface area contributed by atoms with Crippen LogP contribution >= 0.6 is 0 Å². The number of carbonyl (C=O) groups excluding carboxylic acids is 5. The summed E-state index contributed by atoms with van der Waals surface area (Å²) >= 11 is 0. The van der Waals surface area contributed by atoms with Crippen LogP contribution in [0, 0.1) is 11.3 Å². The van der Waals surface area contributed by atoms with E-state index >= 15 is 0 Å². The van der Waals surface area contributed by atoms with Gasteiger partial charge in [-0.25, -0.2) is 10.2 Å². The Bertz CT molecular complexity index is 2580. The zero-order valence-corrected chi connectivity index (χ0v) is 44.4. The Labute approximate surface area is 430 Å². The summed E-state index contributed by atoms with van der Waals surface area (Å²) in [6.07, 6.45) is 10.5. The lowest BCUT2D eigenvalue weighted by atomic mass is 9.84. The van der Waals surface area contributed by atoms with E-state index < -0.39 is 41.0 Å². The molecule has 3 saturated heterocycles. The molecule has 0 aliphatic carbocycles. The number of hydrazine groups is 1. The number of nitrogens with one attached hydrogen (secondary N) is 2. The van der Waals surface area contributed by atoms with Crippen LogP contribution in [0.25, 0.3) is 27.7 Å². The predicted molar refractivity (Wildman–Crippen MR) is 278 cm³/mol. The Morgan fingerprint density at radius 3 is 2.56 bits per heavy atom. The maximum atomic E-state index is 14.9. The summed E-state index contributed by atoms with van der Waals surface area (Å²) in [4.78, 5) is 82.6. The number of pyridine rings is 1. The van der Waals surface area contributed by atoms with Gasteiger partial charge in [0.2, 0.25) is 11.8 Å². The second-order valence-electron chi connectivity index (χ2n) is 21.6. The van der Waals surface area contributed by atoms with Crippen molar-refractivity contribution in [3.05, 3.63) is 71.6 Å². The van der Waals surface area contributed by atoms with Crippen LogP contribution in [0.3, 0.4) is 0 Å². The zero-order valence-electron chi connectivity index (χ0n) is 44.4. The molecule has 7 heterocycles. The van der Waals surface area contributed by atoms with Gasteiger partial charge in [-0.3, -0.25) is 34.1 Å². The number of aromatic nitrogens is 2. The number of nitrogens with zero attached hydrogens (tertiary/aromatic N) is 7. The SMILES string of the molecule is CCn1c(-c2cccnc2[C@H](C)OC)c2c3cc(ccc31)C1=CCCN(C1)C[C@H](NC(=O)[C@H](C(C)C)N(C)C(=O)N1CCC3(CC1)CN(C(=O)/C=C\COC)CO3)C(=O)N1CCC[C@H](N1)C(=O)OCC(C)(C)C2. The zero-order chi connectivity index (χ0) is 52.2. The van der Waals surface area contributed by atoms with E-state index in [9.17, 15) is 24.0 Å². The van der Waals surface area contributed by atoms with Crippen LogP contribution in [-0.4, -0.2) is 175 Å². The number of aryl methyl sites for hydroxylation is 1. The van der Waals surface area contributed by atoms with Crippen molar-refractivity contribution < 1.29 is 42.9 Å². The Balaban J connectivity index is 1.06. The Hall–Kier alpha value is -5.66. The number of amides is 5. The van der Waals surface area contributed by atoms with Gasteiger partial charge in [-0.15, -0.1) is 0 Å². The minimum atomic E-state index is -1.01. The molecule has 396 valence electrons. The molecule has 0 saturated carbocycles. The van der Waals surface area contributed by atoms with Crippen LogP contribution in [-0.2, 0) is 51.1 Å². The number of ether oxygens (including phenoxy) is 4. The smallest absolute Gasteiger partial charge is 0.324 e. The molecule has 1 unspecified atom stereocenters. The lowest BCUT2D eigenvalue weighted by Gasteiger charge is -2.41. The van der Waals surface area contributed by atoms with Crippen LogP contribution in [0.2, 0.25) is 0 Å². The highest BCUT2D eigenvalue weighted by Crippen LogP contribution is 2.42. The molecule has 5 aliphatic rings. The van der Waals surface area contributed by atoms with Crippen LogP contribution in [0.5, 0.6) is 0 Å². The molecular formula is C55H77N9O9. The van der Waals surface area contributed by atoms with E-state index in [0.29, 0.717) is 84.5 Å². The summed E-state index contributed by atoms with van der Waals surface area (Å²) in [7, 11) is 4.91. The summed E-state index contributed by atoms with van der Waals surface area (Å²) in [5.41, 5.74) is 9.49. The minimum Gasteiger partial charge on any atom is -0.464 e. The maximum Gasteiger partial charge on any atom is 0.324 e. The molecular weight excluding hydrogens is 931 g/mol. The van der Waals surface area contributed by atoms with Crippen molar-refractivity contribution in [2.24, 2.45) is 11.3 Å². The van der Waals surface area contributed by atoms with Gasteiger partial charge in [-0.1, -0.05) is 45.9 Å². The van der Waals surface area contributed by atoms with E-state index in [-0.39, 0.29) is 49.7 Å². The van der Waals surface area contributed by atoms with Gasteiger partial charge in [0, 0.05) is 101 Å². The van der Waals surface area contributed by atoms with Gasteiger partial charge >= 0.3 is 12.0 Å². The number of cyclic esters (lactones) is 1. The maximum absolute atomic E-state index is 14.9. The monoisotopic (exact) mass is 1010 g/mol. The van der Waals surface area contributed by atoms with Crippen molar-refractivity contribution in [3.63, 3.8) is 0 Å². The number of methoxy groups -OCH3 is 2. The third-order valence-corrected chi connectivity index (χ3v) is 15.4. The Morgan fingerprint density at radius 1 is 1.05 bits per heavy atom. The highest BCUT2D eigenvalue weighted by atomic mass is 16.5. The van der Waals surface area contributed by atoms with Crippen molar-refractivity contribution in [3.8, 4) is 11.3 Å². The number of hydrogen-bond acceptors (Lipinski definition) is 12. The average molecular weight is 1010 g/mol. The minimum absolute atomic E-state index is 0.144. The Kier molecular flexibility index (Phi) is 16.8. The van der Waals surface area contributed by atoms with E-state index in [1.54, 1.807) is 43.3 Å². The highest BCUT2D eigenvalue weighted by Gasteiger charge is 2.45. The van der Waals surface area contributed by atoms with Crippen molar-refractivity contribution in [2.75, 3.05) is 87.0 Å². The largest absolute Gasteiger partial charge is 0.464 e. The van der Waals surface area contributed by atoms with Crippen molar-refractivity contribution in [2.45, 2.75) is 116 Å². The number of rotatable bonds is 11. The second kappa shape index (κ2) is 22.8. The average Bonchev–Trinajstić information content (AvgIpc) is 3.94. The first-order chi connectivity index (χ1) is 35.0. The first-order valence-electron chi connectivity index (χ1n) is 26.2. The quantitative estimate of drug-likeness (QED) is 0.181. The van der Waals surface area contributed by atoms with Gasteiger partial charge in [0.25, 0.3) is 5.91 Å². The van der Waals surface area contributed by atoms with E-state index in [0.717, 1.165) is 51.0 Å². The number of benzene rings is 1. The molecule has 8 rings (SSSR count). The Morgan fingerprint density at radius 2 is 1.84 bits per heavy atom. The van der Waals surface area contributed by atoms with Crippen molar-refractivity contribution in [1.29, 1.82) is 0 Å². The topological polar surface area (TPSA) is 180 Å². The summed E-state index contributed by atoms with van der Waals surface area (Å²) in [6, 6.07) is 7.75. The van der Waals surface area contributed by atoms with E-state index in [2.05, 4.69) is 71.3 Å². The van der Waals surface area contributed by atoms with Crippen LogP contribution in [0.15, 0.2) is 54.8 Å². The van der Waals surface area contributed by atoms with Crippen molar-refractivity contribution >= 4 is 46.2 Å². The molecule has 0 radical (unpaired) electrons. The molecule has 2 N–H and O–H groups in total. The number of carbonyl (C=O) groups is 5. The fourth-order valence-corrected chi connectivity index (χ4v) is 11.4. The summed E-state index contributed by atoms with van der Waals surface area (Å²) in [5, 5.41) is 5.71. The second-order valence-corrected chi connectivity index (χ2v) is 21.6. The molecule has 5 amide bonds. The normalized spacial score (nSPS) is 23.3. The molecule has 3 fully saturated rings. The van der Waals surface area contributed by atoms with Gasteiger partial charge in [0.05, 0.1) is 42.9 Å². The van der Waals surface area contributed by atoms with Crippen LogP contribution in [0.4, 0.5) is 4.79 Å². The lowest BCUT2D eigenvalue weighted by Crippen LogP contribution is -2.64. The van der Waals surface area contributed by atoms with Gasteiger partial charge < -0.3 is 43.5 Å². The number of likely N-dealkylation sites (tertiary alicyclic amines) is 1. The highest BCUT2D eigenvalue weighted by molar-refractivity contribution is 5.95. The summed E-state index contributed by atoms with van der Waals surface area (Å²) in [5.74, 6) is -1.70. The van der Waals surface area contributed by atoms with Crippen LogP contribution < -0.4 is 10.7 Å². The molecule has 18 heteroatoms. The molecule has 2 aromatic heterocycles. The molecule has 6 bridgehead atoms. The fourth-order valence-electron chi connectivity index (χ4n) is 11.4. The van der Waals surface area contributed by atoms with Gasteiger partial charge in [0.15, 0.2) is 0 Å². The third kappa shape index (κ3) is 11.7. The van der Waals surface area contributed by atoms with Crippen LogP contribution in [0.1, 0.15) is 96.6 Å². The first-order valence-corrected chi connectivity index (χ1v) is 26.2. The standard InChI is InChI=1S/C55H77N9O9/c1-10-63-45-20-19-38-29-41(45)42(49(63)40-16-11-23-56-47(40)37(4)71-9)30-54(5,6)34-72-52(68)43-17-13-25-64(58-43)51(67)44(32-60-24-12-15-39(38)31-60)57-50(66)48(36(2)3)59(7)53(69)61-26-21-55(22-27-61)33-62(35-73-55)46(65)18-14-28-70-8/h11,14-16,18-20,23,29,36-37,43-44,48,58H,10,12-13,17,21-22,24-28,30-35H2,1-9H3,(H,57,66)/b18-14-/t37-,43-,44-,48-/m0/s1. The molecule has 73 heavy (non-hydrogen) atoms. The van der Waals surface area contributed by atoms with E-state index in [4.69, 9.17) is 23.9 Å². The predicted octanol–water partition coefficient (Wildman–Crippen LogP) is 5.56. The number of piperidine rings is 1. The number of esters is 1. The van der Waals surface area contributed by atoms with E-state index in [1.165, 1.54) is 16.0 Å². The summed E-state index contributed by atoms with van der Waals surface area (Å²) < 4.78 is 25.6. The molecule has 1 spiro atoms. The molecule has 1 aromatic carbocycles. The van der Waals surface area contributed by atoms with E-state index in [1.807, 2.05) is 26.8 Å². The number of fused-ring (bicyclic) bond motifs is 6. The molecule has 18 nitrogen and oxygen atoms in total. The molecule has 5 aliphatic heterocycles. The number of urea groups is 1. The lowest BCUT2D eigenvalue weighted by molar-refractivity contribution is -0.155. The number of hydrogen-bond donors (Lipinski definition) is 2. The first kappa shape index (κ1) is 53.6. The summed E-state index contributed by atoms with van der Waals surface area (Å²) in [6.45, 7) is 16.5. The fraction of sp³-hybridized carbons (Fsp3) is 0.600. The van der Waals surface area contributed by atoms with Gasteiger partial charge in [-0.05, 0) is 99.3 Å². The molecule has 3 aromatic rings.